The van der Waals surface area contributed by atoms with Crippen LogP contribution in [0.3, 0.4) is 0 Å². The minimum absolute atomic E-state index is 0.0270. The van der Waals surface area contributed by atoms with E-state index in [0.717, 1.165) is 0 Å². The van der Waals surface area contributed by atoms with Gasteiger partial charge in [0, 0.05) is 25.8 Å². The maximum atomic E-state index is 11.3. The van der Waals surface area contributed by atoms with Gasteiger partial charge in [0.05, 0.1) is 0 Å². The number of carboxylic acid groups (broad SMARTS) is 1. The summed E-state index contributed by atoms with van der Waals surface area (Å²) in [6, 6.07) is 0. The standard InChI is InChI=1S/C10H15N3O5/c1-6-12-9(18-13-6)3-2-8(15)11-5-4-7(14)10(16)17/h7,14H,2-5H2,1H3,(H,11,15)(H,16,17). The normalized spacial score (nSPS) is 12.1. The SMILES string of the molecule is Cc1noc(CCC(=O)NCCC(O)C(=O)O)n1. The lowest BCUT2D eigenvalue weighted by atomic mass is 10.2. The summed E-state index contributed by atoms with van der Waals surface area (Å²) in [5.74, 6) is -0.669. The number of aryl methyl sites for hydroxylation is 2. The van der Waals surface area contributed by atoms with Gasteiger partial charge in [-0.3, -0.25) is 4.79 Å². The Kier molecular flexibility index (Phi) is 5.25. The molecule has 100 valence electrons. The molecule has 0 aliphatic heterocycles. The van der Waals surface area contributed by atoms with Crippen LogP contribution < -0.4 is 5.32 Å². The van der Waals surface area contributed by atoms with Crippen molar-refractivity contribution in [3.8, 4) is 0 Å². The van der Waals surface area contributed by atoms with E-state index in [2.05, 4.69) is 15.5 Å². The number of rotatable bonds is 7. The van der Waals surface area contributed by atoms with Crippen LogP contribution in [0, 0.1) is 6.92 Å². The zero-order valence-corrected chi connectivity index (χ0v) is 9.92. The molecule has 0 aromatic carbocycles. The Hall–Kier alpha value is -1.96. The molecule has 0 spiro atoms. The number of hydrogen-bond acceptors (Lipinski definition) is 6. The van der Waals surface area contributed by atoms with Crippen LogP contribution in [0.1, 0.15) is 24.6 Å². The molecule has 1 rings (SSSR count). The molecule has 1 heterocycles. The van der Waals surface area contributed by atoms with Gasteiger partial charge in [0.25, 0.3) is 0 Å². The molecule has 3 N–H and O–H groups in total. The van der Waals surface area contributed by atoms with Crippen LogP contribution in [0.2, 0.25) is 0 Å². The first-order valence-corrected chi connectivity index (χ1v) is 5.46. The largest absolute Gasteiger partial charge is 0.479 e. The van der Waals surface area contributed by atoms with Crippen LogP contribution in [0.25, 0.3) is 0 Å². The Balaban J connectivity index is 2.16. The molecule has 1 aromatic heterocycles. The number of aliphatic hydroxyl groups is 1. The van der Waals surface area contributed by atoms with Crippen molar-refractivity contribution in [2.45, 2.75) is 32.3 Å². The molecule has 0 bridgehead atoms. The molecule has 1 atom stereocenters. The number of aromatic nitrogens is 2. The van der Waals surface area contributed by atoms with Gasteiger partial charge in [0.1, 0.15) is 0 Å². The van der Waals surface area contributed by atoms with E-state index >= 15 is 0 Å². The molecule has 0 aliphatic rings. The van der Waals surface area contributed by atoms with Crippen molar-refractivity contribution in [1.29, 1.82) is 0 Å². The number of amides is 1. The van der Waals surface area contributed by atoms with Crippen LogP contribution in [-0.4, -0.2) is 44.9 Å². The summed E-state index contributed by atoms with van der Waals surface area (Å²) >= 11 is 0. The van der Waals surface area contributed by atoms with Crippen LogP contribution in [0.15, 0.2) is 4.52 Å². The maximum Gasteiger partial charge on any atom is 0.332 e. The van der Waals surface area contributed by atoms with E-state index in [1.54, 1.807) is 6.92 Å². The second kappa shape index (κ2) is 6.70. The first kappa shape index (κ1) is 14.1. The van der Waals surface area contributed by atoms with Crippen LogP contribution in [-0.2, 0) is 16.0 Å². The highest BCUT2D eigenvalue weighted by Gasteiger charge is 2.13. The van der Waals surface area contributed by atoms with Crippen molar-refractivity contribution in [2.75, 3.05) is 6.54 Å². The van der Waals surface area contributed by atoms with E-state index in [0.29, 0.717) is 18.1 Å². The maximum absolute atomic E-state index is 11.3. The summed E-state index contributed by atoms with van der Waals surface area (Å²) < 4.78 is 4.83. The number of hydrogen-bond donors (Lipinski definition) is 3. The summed E-state index contributed by atoms with van der Waals surface area (Å²) in [5.41, 5.74) is 0. The van der Waals surface area contributed by atoms with Gasteiger partial charge in [0.2, 0.25) is 11.8 Å². The highest BCUT2D eigenvalue weighted by atomic mass is 16.5. The van der Waals surface area contributed by atoms with Gasteiger partial charge in [-0.05, 0) is 6.92 Å². The highest BCUT2D eigenvalue weighted by molar-refractivity contribution is 5.76. The second-order valence-corrected chi connectivity index (χ2v) is 3.73. The zero-order chi connectivity index (χ0) is 13.5. The van der Waals surface area contributed by atoms with Crippen LogP contribution in [0.4, 0.5) is 0 Å². The van der Waals surface area contributed by atoms with Crippen molar-refractivity contribution in [3.05, 3.63) is 11.7 Å². The second-order valence-electron chi connectivity index (χ2n) is 3.73. The molecule has 18 heavy (non-hydrogen) atoms. The number of carbonyl (C=O) groups is 2. The molecule has 8 heteroatoms. The molecule has 0 saturated carbocycles. The molecule has 0 saturated heterocycles. The van der Waals surface area contributed by atoms with Gasteiger partial charge in [-0.1, -0.05) is 5.16 Å². The van der Waals surface area contributed by atoms with Gasteiger partial charge < -0.3 is 20.1 Å². The number of nitrogens with one attached hydrogen (secondary N) is 1. The average molecular weight is 257 g/mol. The summed E-state index contributed by atoms with van der Waals surface area (Å²) in [6.45, 7) is 1.79. The van der Waals surface area contributed by atoms with Gasteiger partial charge in [-0.25, -0.2) is 4.79 Å². The average Bonchev–Trinajstić information content (AvgIpc) is 2.72. The Morgan fingerprint density at radius 1 is 1.50 bits per heavy atom. The number of aliphatic hydroxyl groups excluding tert-OH is 1. The molecule has 1 amide bonds. The Labute approximate surface area is 103 Å². The monoisotopic (exact) mass is 257 g/mol. The molecule has 1 aromatic rings. The van der Waals surface area contributed by atoms with Crippen molar-refractivity contribution in [3.63, 3.8) is 0 Å². The predicted molar refractivity (Wildman–Crippen MR) is 58.6 cm³/mol. The van der Waals surface area contributed by atoms with Gasteiger partial charge in [0.15, 0.2) is 11.9 Å². The van der Waals surface area contributed by atoms with Crippen molar-refractivity contribution < 1.29 is 24.3 Å². The lowest BCUT2D eigenvalue weighted by molar-refractivity contribution is -0.147. The first-order valence-electron chi connectivity index (χ1n) is 5.46. The molecular formula is C10H15N3O5. The summed E-state index contributed by atoms with van der Waals surface area (Å²) in [7, 11) is 0. The summed E-state index contributed by atoms with van der Waals surface area (Å²) in [6.07, 6.45) is -0.983. The lowest BCUT2D eigenvalue weighted by Gasteiger charge is -2.06. The highest BCUT2D eigenvalue weighted by Crippen LogP contribution is 2.00. The van der Waals surface area contributed by atoms with Crippen molar-refractivity contribution >= 4 is 11.9 Å². The number of aliphatic carboxylic acids is 1. The Morgan fingerprint density at radius 2 is 2.22 bits per heavy atom. The Bertz CT molecular complexity index is 417. The minimum atomic E-state index is -1.45. The fourth-order valence-electron chi connectivity index (χ4n) is 1.22. The third-order valence-electron chi connectivity index (χ3n) is 2.16. The van der Waals surface area contributed by atoms with Crippen LogP contribution in [0.5, 0.6) is 0 Å². The summed E-state index contributed by atoms with van der Waals surface area (Å²) in [5, 5.41) is 23.5. The zero-order valence-electron chi connectivity index (χ0n) is 9.92. The third kappa shape index (κ3) is 4.91. The molecular weight excluding hydrogens is 242 g/mol. The smallest absolute Gasteiger partial charge is 0.332 e. The molecule has 0 aliphatic carbocycles. The molecule has 0 radical (unpaired) electrons. The predicted octanol–water partition coefficient (Wildman–Crippen LogP) is -0.738. The van der Waals surface area contributed by atoms with Gasteiger partial charge in [-0.2, -0.15) is 4.98 Å². The molecule has 8 nitrogen and oxygen atoms in total. The van der Waals surface area contributed by atoms with E-state index in [1.807, 2.05) is 0 Å². The lowest BCUT2D eigenvalue weighted by Crippen LogP contribution is -2.30. The Morgan fingerprint density at radius 3 is 2.78 bits per heavy atom. The summed E-state index contributed by atoms with van der Waals surface area (Å²) in [4.78, 5) is 25.6. The fraction of sp³-hybridized carbons (Fsp3) is 0.600. The van der Waals surface area contributed by atoms with E-state index in [9.17, 15) is 9.59 Å². The van der Waals surface area contributed by atoms with Crippen molar-refractivity contribution in [2.24, 2.45) is 0 Å². The van der Waals surface area contributed by atoms with E-state index < -0.39 is 12.1 Å². The topological polar surface area (TPSA) is 126 Å². The number of carboxylic acids is 1. The van der Waals surface area contributed by atoms with E-state index in [-0.39, 0.29) is 25.3 Å². The van der Waals surface area contributed by atoms with Crippen molar-refractivity contribution in [1.82, 2.24) is 15.5 Å². The van der Waals surface area contributed by atoms with E-state index in [1.165, 1.54) is 0 Å². The number of carbonyl (C=O) groups excluding carboxylic acids is 1. The van der Waals surface area contributed by atoms with Gasteiger partial charge >= 0.3 is 5.97 Å². The van der Waals surface area contributed by atoms with Gasteiger partial charge in [-0.15, -0.1) is 0 Å². The van der Waals surface area contributed by atoms with Crippen LogP contribution >= 0.6 is 0 Å². The van der Waals surface area contributed by atoms with E-state index in [4.69, 9.17) is 14.7 Å². The third-order valence-corrected chi connectivity index (χ3v) is 2.16. The first-order chi connectivity index (χ1) is 8.49. The molecule has 1 unspecified atom stereocenters. The minimum Gasteiger partial charge on any atom is -0.479 e. The quantitative estimate of drug-likeness (QED) is 0.587. The molecule has 0 fully saturated rings. The fourth-order valence-corrected chi connectivity index (χ4v) is 1.22. The number of nitrogens with zero attached hydrogens (tertiary/aromatic N) is 2.